The Balaban J connectivity index is 1.24. The van der Waals surface area contributed by atoms with E-state index in [-0.39, 0.29) is 49.4 Å². The van der Waals surface area contributed by atoms with Gasteiger partial charge < -0.3 is 24.7 Å². The molecule has 0 unspecified atom stereocenters. The Morgan fingerprint density at radius 2 is 1.91 bits per heavy atom. The number of nitro groups is 1. The van der Waals surface area contributed by atoms with Gasteiger partial charge in [-0.05, 0) is 41.3 Å². The van der Waals surface area contributed by atoms with Crippen LogP contribution < -0.4 is 9.80 Å². The van der Waals surface area contributed by atoms with Crippen LogP contribution in [0, 0.1) is 16.0 Å². The maximum Gasteiger partial charge on any atom is 0.414 e. The molecular formula is C34H34N4O8. The van der Waals surface area contributed by atoms with Gasteiger partial charge in [-0.1, -0.05) is 55.5 Å². The molecule has 3 aromatic rings. The highest BCUT2D eigenvalue weighted by molar-refractivity contribution is 6.07. The van der Waals surface area contributed by atoms with Crippen molar-refractivity contribution in [1.29, 1.82) is 0 Å². The van der Waals surface area contributed by atoms with Crippen molar-refractivity contribution in [3.63, 3.8) is 0 Å². The number of anilines is 2. The third-order valence-corrected chi connectivity index (χ3v) is 9.05. The van der Waals surface area contributed by atoms with Crippen molar-refractivity contribution >= 4 is 35.0 Å². The van der Waals surface area contributed by atoms with Gasteiger partial charge in [0.1, 0.15) is 6.61 Å². The van der Waals surface area contributed by atoms with Crippen molar-refractivity contribution in [1.82, 2.24) is 4.90 Å². The number of nitro benzene ring substituents is 1. The number of amides is 3. The Morgan fingerprint density at radius 3 is 2.63 bits per heavy atom. The number of carbonyl (C=O) groups is 3. The molecule has 0 bridgehead atoms. The predicted octanol–water partition coefficient (Wildman–Crippen LogP) is 3.81. The van der Waals surface area contributed by atoms with Gasteiger partial charge in [-0.15, -0.1) is 0 Å². The third kappa shape index (κ3) is 5.50. The van der Waals surface area contributed by atoms with Gasteiger partial charge >= 0.3 is 6.09 Å². The number of benzene rings is 3. The average Bonchev–Trinajstić information content (AvgIpc) is 3.59. The topological polar surface area (TPSA) is 154 Å². The first-order chi connectivity index (χ1) is 22.1. The lowest BCUT2D eigenvalue weighted by molar-refractivity contribution is -0.385. The van der Waals surface area contributed by atoms with E-state index in [1.807, 2.05) is 24.3 Å². The van der Waals surface area contributed by atoms with E-state index in [2.05, 4.69) is 0 Å². The van der Waals surface area contributed by atoms with Crippen molar-refractivity contribution in [3.05, 3.63) is 111 Å². The van der Waals surface area contributed by atoms with E-state index in [1.165, 1.54) is 28.0 Å². The number of ether oxygens (including phenoxy) is 1. The number of aliphatic hydroxyl groups excluding tert-OH is 1. The van der Waals surface area contributed by atoms with Crippen LogP contribution in [-0.4, -0.2) is 63.7 Å². The van der Waals surface area contributed by atoms with Crippen molar-refractivity contribution < 1.29 is 34.3 Å². The number of nitrogens with zero attached hydrogens (tertiary/aromatic N) is 4. The maximum atomic E-state index is 14.0. The molecule has 12 heteroatoms. The number of rotatable bonds is 9. The fourth-order valence-electron chi connectivity index (χ4n) is 6.51. The third-order valence-electron chi connectivity index (χ3n) is 9.05. The van der Waals surface area contributed by atoms with E-state index in [1.54, 1.807) is 48.2 Å². The molecule has 0 aromatic heterocycles. The van der Waals surface area contributed by atoms with E-state index in [0.29, 0.717) is 36.4 Å². The average molecular weight is 627 g/mol. The second-order valence-corrected chi connectivity index (χ2v) is 11.8. The number of aliphatic hydroxyl groups is 2. The van der Waals surface area contributed by atoms with Gasteiger partial charge in [0, 0.05) is 42.3 Å². The van der Waals surface area contributed by atoms with Gasteiger partial charge in [0.15, 0.2) is 5.60 Å². The molecule has 0 aliphatic carbocycles. The van der Waals surface area contributed by atoms with E-state index in [9.17, 15) is 34.7 Å². The molecule has 0 spiro atoms. The van der Waals surface area contributed by atoms with Crippen LogP contribution in [0.2, 0.25) is 0 Å². The van der Waals surface area contributed by atoms with Crippen LogP contribution in [0.3, 0.4) is 0 Å². The smallest absolute Gasteiger partial charge is 0.414 e. The van der Waals surface area contributed by atoms with Gasteiger partial charge in [0.05, 0.1) is 36.3 Å². The van der Waals surface area contributed by atoms with E-state index < -0.39 is 28.4 Å². The Bertz CT molecular complexity index is 1740. The quantitative estimate of drug-likeness (QED) is 0.207. The first kappa shape index (κ1) is 30.9. The molecule has 3 aliphatic heterocycles. The summed E-state index contributed by atoms with van der Waals surface area (Å²) in [5.74, 6) is -1.73. The summed E-state index contributed by atoms with van der Waals surface area (Å²) in [6.45, 7) is 2.53. The highest BCUT2D eigenvalue weighted by Crippen LogP contribution is 2.47. The summed E-state index contributed by atoms with van der Waals surface area (Å²) >= 11 is 0. The summed E-state index contributed by atoms with van der Waals surface area (Å²) in [5.41, 5.74) is 1.41. The largest absolute Gasteiger partial charge is 0.447 e. The summed E-state index contributed by atoms with van der Waals surface area (Å²) in [6.07, 6.45) is 3.23. The Hall–Kier alpha value is -5.07. The summed E-state index contributed by atoms with van der Waals surface area (Å²) in [6, 6.07) is 18.5. The summed E-state index contributed by atoms with van der Waals surface area (Å²) in [4.78, 5) is 55.0. The minimum Gasteiger partial charge on any atom is -0.447 e. The number of hydrogen-bond donors (Lipinski definition) is 2. The van der Waals surface area contributed by atoms with Crippen LogP contribution >= 0.6 is 0 Å². The van der Waals surface area contributed by atoms with Crippen molar-refractivity contribution in [2.75, 3.05) is 29.6 Å². The van der Waals surface area contributed by atoms with Crippen LogP contribution in [-0.2, 0) is 39.4 Å². The zero-order valence-electron chi connectivity index (χ0n) is 25.2. The molecular weight excluding hydrogens is 592 g/mol. The molecule has 46 heavy (non-hydrogen) atoms. The highest BCUT2D eigenvalue weighted by Gasteiger charge is 2.53. The fourth-order valence-corrected chi connectivity index (χ4v) is 6.51. The number of cyclic esters (lactones) is 1. The Labute approximate surface area is 265 Å². The number of hydrogen-bond acceptors (Lipinski definition) is 8. The molecule has 0 saturated carbocycles. The minimum absolute atomic E-state index is 0.0233. The zero-order valence-corrected chi connectivity index (χ0v) is 25.2. The molecule has 3 amide bonds. The van der Waals surface area contributed by atoms with Crippen LogP contribution in [0.1, 0.15) is 35.6 Å². The van der Waals surface area contributed by atoms with E-state index in [4.69, 9.17) is 4.74 Å². The standard InChI is InChI=1S/C34H34N4O8/c1-22(6-4-11-31(40)36-20-25-9-3-2-8-24(25)17-28(36)21-39)34(43)29-18-27(38(44)45)12-13-30(29)37(32(34)41)19-23-7-5-10-26(16-23)35-14-15-46-33(35)42/h2-10,12-13,16,18,22,28,39,43H,11,14-15,17,19-21H2,1H3/b6-4+/t22-,28+,34+/m1/s1. The molecule has 3 heterocycles. The van der Waals surface area contributed by atoms with Gasteiger partial charge in [0.25, 0.3) is 11.6 Å². The first-order valence-electron chi connectivity index (χ1n) is 15.1. The highest BCUT2D eigenvalue weighted by atomic mass is 16.6. The Kier molecular flexibility index (Phi) is 8.32. The molecule has 2 N–H and O–H groups in total. The molecule has 1 saturated heterocycles. The normalized spacial score (nSPS) is 21.4. The minimum atomic E-state index is -2.14. The lowest BCUT2D eigenvalue weighted by atomic mass is 9.82. The van der Waals surface area contributed by atoms with Crippen LogP contribution in [0.25, 0.3) is 0 Å². The van der Waals surface area contributed by atoms with Gasteiger partial charge in [-0.25, -0.2) is 4.79 Å². The Morgan fingerprint density at radius 1 is 1.13 bits per heavy atom. The van der Waals surface area contributed by atoms with E-state index >= 15 is 0 Å². The monoisotopic (exact) mass is 626 g/mol. The molecule has 238 valence electrons. The van der Waals surface area contributed by atoms with Crippen molar-refractivity contribution in [2.45, 2.75) is 44.5 Å². The second kappa shape index (κ2) is 12.4. The SMILES string of the molecule is C[C@H](/C=C/CC(=O)N1Cc2ccccc2C[C@H]1CO)[C@@]1(O)C(=O)N(Cc2cccc(N3CCOC3=O)c2)c2ccc([N+](=O)[O-])cc21. The number of carbonyl (C=O) groups excluding carboxylic acids is 3. The molecule has 6 rings (SSSR count). The zero-order chi connectivity index (χ0) is 32.6. The summed E-state index contributed by atoms with van der Waals surface area (Å²) < 4.78 is 5.04. The first-order valence-corrected chi connectivity index (χ1v) is 15.1. The lowest BCUT2D eigenvalue weighted by Crippen LogP contribution is -2.46. The van der Waals surface area contributed by atoms with Crippen LogP contribution in [0.5, 0.6) is 0 Å². The molecule has 3 aromatic carbocycles. The lowest BCUT2D eigenvalue weighted by Gasteiger charge is -2.36. The summed E-state index contributed by atoms with van der Waals surface area (Å²) in [7, 11) is 0. The van der Waals surface area contributed by atoms with Crippen LogP contribution in [0.15, 0.2) is 78.9 Å². The number of fused-ring (bicyclic) bond motifs is 2. The molecule has 1 fully saturated rings. The maximum absolute atomic E-state index is 14.0. The molecule has 3 aliphatic rings. The second-order valence-electron chi connectivity index (χ2n) is 11.8. The van der Waals surface area contributed by atoms with E-state index in [0.717, 1.165) is 11.1 Å². The molecule has 3 atom stereocenters. The van der Waals surface area contributed by atoms with Gasteiger partial charge in [-0.3, -0.25) is 24.6 Å². The predicted molar refractivity (Wildman–Crippen MR) is 168 cm³/mol. The van der Waals surface area contributed by atoms with Crippen molar-refractivity contribution in [3.8, 4) is 0 Å². The molecule has 0 radical (unpaired) electrons. The van der Waals surface area contributed by atoms with Gasteiger partial charge in [0.2, 0.25) is 5.91 Å². The summed E-state index contributed by atoms with van der Waals surface area (Å²) in [5, 5.41) is 33.7. The van der Waals surface area contributed by atoms with Crippen LogP contribution in [0.4, 0.5) is 21.9 Å². The van der Waals surface area contributed by atoms with Crippen molar-refractivity contribution in [2.24, 2.45) is 5.92 Å². The number of non-ortho nitro benzene ring substituents is 1. The van der Waals surface area contributed by atoms with Gasteiger partial charge in [-0.2, -0.15) is 0 Å². The fraction of sp³-hybridized carbons (Fsp3) is 0.324. The molecule has 12 nitrogen and oxygen atoms in total.